The van der Waals surface area contributed by atoms with E-state index in [1.54, 1.807) is 6.92 Å². The maximum absolute atomic E-state index is 13.3. The molecule has 40 heavy (non-hydrogen) atoms. The average Bonchev–Trinajstić information content (AvgIpc) is 2.96. The number of aromatic nitrogens is 1. The normalized spacial score (nSPS) is 13.2. The van der Waals surface area contributed by atoms with Crippen LogP contribution in [0.25, 0.3) is 0 Å². The van der Waals surface area contributed by atoms with Gasteiger partial charge in [0.15, 0.2) is 30.3 Å². The number of methoxy groups -OCH3 is 1. The number of amides is 1. The summed E-state index contributed by atoms with van der Waals surface area (Å²) in [5.74, 6) is -0.852. The second-order valence-corrected chi connectivity index (χ2v) is 9.43. The van der Waals surface area contributed by atoms with E-state index < -0.39 is 30.3 Å². The summed E-state index contributed by atoms with van der Waals surface area (Å²) in [6, 6.07) is 20.8. The molecule has 0 aliphatic carbocycles. The van der Waals surface area contributed by atoms with Gasteiger partial charge in [0.05, 0.1) is 7.11 Å². The average molecular weight is 551 g/mol. The Labute approximate surface area is 235 Å². The molecule has 0 bridgehead atoms. The van der Waals surface area contributed by atoms with Crippen molar-refractivity contribution in [3.8, 4) is 11.5 Å². The molecule has 2 aromatic carbocycles. The standard InChI is InChI=1S/C31H38N2O7/c1-5-26(33-30(35)28-29(39-20-38-22(3)34)27(37-4)16-17-32-28)31(36)40-21(2)25(18-23-12-8-6-9-13-23)19-24-14-10-7-11-15-24/h6-17,21-22,25-26,34H,5,18-20H2,1-4H3,(H,33,35)/t21?,22?,26-/m0/s1. The summed E-state index contributed by atoms with van der Waals surface area (Å²) in [7, 11) is 1.42. The summed E-state index contributed by atoms with van der Waals surface area (Å²) in [6.07, 6.45) is 1.70. The molecule has 3 aromatic rings. The van der Waals surface area contributed by atoms with Crippen molar-refractivity contribution in [2.75, 3.05) is 13.9 Å². The quantitative estimate of drug-likeness (QED) is 0.212. The van der Waals surface area contributed by atoms with E-state index in [9.17, 15) is 14.7 Å². The van der Waals surface area contributed by atoms with Crippen LogP contribution in [0.2, 0.25) is 0 Å². The first-order chi connectivity index (χ1) is 19.3. The molecular weight excluding hydrogens is 512 g/mol. The number of benzene rings is 2. The third-order valence-corrected chi connectivity index (χ3v) is 6.46. The highest BCUT2D eigenvalue weighted by molar-refractivity contribution is 5.98. The maximum atomic E-state index is 13.3. The van der Waals surface area contributed by atoms with Crippen LogP contribution in [0.1, 0.15) is 48.8 Å². The summed E-state index contributed by atoms with van der Waals surface area (Å²) in [4.78, 5) is 30.6. The molecule has 2 unspecified atom stereocenters. The first kappa shape index (κ1) is 30.6. The number of carbonyl (C=O) groups is 2. The van der Waals surface area contributed by atoms with Gasteiger partial charge >= 0.3 is 5.97 Å². The smallest absolute Gasteiger partial charge is 0.328 e. The fourth-order valence-electron chi connectivity index (χ4n) is 4.24. The zero-order valence-corrected chi connectivity index (χ0v) is 23.4. The van der Waals surface area contributed by atoms with Crippen molar-refractivity contribution >= 4 is 11.9 Å². The molecule has 0 aliphatic rings. The molecule has 0 aliphatic heterocycles. The van der Waals surface area contributed by atoms with Gasteiger partial charge in [-0.15, -0.1) is 0 Å². The van der Waals surface area contributed by atoms with Gasteiger partial charge in [0, 0.05) is 18.2 Å². The van der Waals surface area contributed by atoms with Crippen molar-refractivity contribution in [3.05, 3.63) is 89.7 Å². The molecule has 1 amide bonds. The van der Waals surface area contributed by atoms with Crippen molar-refractivity contribution in [1.29, 1.82) is 0 Å². The molecule has 9 heteroatoms. The molecule has 214 valence electrons. The van der Waals surface area contributed by atoms with Crippen LogP contribution in [0.15, 0.2) is 72.9 Å². The van der Waals surface area contributed by atoms with Gasteiger partial charge in [-0.05, 0) is 44.2 Å². The first-order valence-electron chi connectivity index (χ1n) is 13.4. The molecule has 3 rings (SSSR count). The predicted molar refractivity (Wildman–Crippen MR) is 150 cm³/mol. The van der Waals surface area contributed by atoms with E-state index in [1.807, 2.05) is 43.3 Å². The highest BCUT2D eigenvalue weighted by Gasteiger charge is 2.29. The van der Waals surface area contributed by atoms with Gasteiger partial charge in [0.25, 0.3) is 5.91 Å². The Morgan fingerprint density at radius 3 is 2.08 bits per heavy atom. The number of aliphatic hydroxyl groups excluding tert-OH is 1. The van der Waals surface area contributed by atoms with Gasteiger partial charge in [-0.3, -0.25) is 4.79 Å². The Balaban J connectivity index is 1.72. The second-order valence-electron chi connectivity index (χ2n) is 9.43. The SMILES string of the molecule is CC[C@H](NC(=O)c1nccc(OC)c1OCOC(C)O)C(=O)OC(C)C(Cc1ccccc1)Cc1ccccc1. The van der Waals surface area contributed by atoms with Gasteiger partial charge in [0.2, 0.25) is 0 Å². The van der Waals surface area contributed by atoms with E-state index in [-0.39, 0.29) is 29.9 Å². The lowest BCUT2D eigenvalue weighted by atomic mass is 9.88. The van der Waals surface area contributed by atoms with E-state index in [0.717, 1.165) is 24.0 Å². The van der Waals surface area contributed by atoms with Gasteiger partial charge < -0.3 is 29.4 Å². The fraction of sp³-hybridized carbons (Fsp3) is 0.387. The Kier molecular flexibility index (Phi) is 11.9. The van der Waals surface area contributed by atoms with Crippen LogP contribution in [-0.2, 0) is 27.1 Å². The molecule has 1 heterocycles. The van der Waals surface area contributed by atoms with Crippen LogP contribution in [0.3, 0.4) is 0 Å². The van der Waals surface area contributed by atoms with Crippen LogP contribution in [-0.4, -0.2) is 54.3 Å². The number of esters is 1. The predicted octanol–water partition coefficient (Wildman–Crippen LogP) is 4.32. The molecule has 2 N–H and O–H groups in total. The molecule has 0 saturated carbocycles. The van der Waals surface area contributed by atoms with Gasteiger partial charge in [-0.2, -0.15) is 0 Å². The molecule has 0 fully saturated rings. The summed E-state index contributed by atoms with van der Waals surface area (Å²) >= 11 is 0. The topological polar surface area (TPSA) is 116 Å². The molecular formula is C31H38N2O7. The zero-order valence-electron chi connectivity index (χ0n) is 23.4. The Morgan fingerprint density at radius 1 is 0.950 bits per heavy atom. The Morgan fingerprint density at radius 2 is 1.55 bits per heavy atom. The number of carbonyl (C=O) groups excluding carboxylic acids is 2. The molecule has 0 saturated heterocycles. The Hall–Kier alpha value is -3.95. The van der Waals surface area contributed by atoms with E-state index >= 15 is 0 Å². The number of nitrogens with one attached hydrogen (secondary N) is 1. The van der Waals surface area contributed by atoms with Crippen LogP contribution in [0.5, 0.6) is 11.5 Å². The highest BCUT2D eigenvalue weighted by Crippen LogP contribution is 2.30. The minimum atomic E-state index is -1.06. The lowest BCUT2D eigenvalue weighted by Crippen LogP contribution is -2.43. The monoisotopic (exact) mass is 550 g/mol. The Bertz CT molecular complexity index is 1160. The number of aliphatic hydroxyl groups is 1. The molecule has 9 nitrogen and oxygen atoms in total. The van der Waals surface area contributed by atoms with Crippen molar-refractivity contribution < 1.29 is 33.6 Å². The summed E-state index contributed by atoms with van der Waals surface area (Å²) in [6.45, 7) is 4.77. The number of hydrogen-bond donors (Lipinski definition) is 2. The van der Waals surface area contributed by atoms with Crippen molar-refractivity contribution in [2.45, 2.75) is 58.5 Å². The van der Waals surface area contributed by atoms with E-state index in [1.165, 1.54) is 26.3 Å². The van der Waals surface area contributed by atoms with Gasteiger partial charge in [-0.25, -0.2) is 9.78 Å². The molecule has 3 atom stereocenters. The second kappa shape index (κ2) is 15.6. The van der Waals surface area contributed by atoms with E-state index in [2.05, 4.69) is 34.6 Å². The third kappa shape index (κ3) is 9.07. The third-order valence-electron chi connectivity index (χ3n) is 6.46. The number of hydrogen-bond acceptors (Lipinski definition) is 8. The van der Waals surface area contributed by atoms with Crippen molar-refractivity contribution in [3.63, 3.8) is 0 Å². The summed E-state index contributed by atoms with van der Waals surface area (Å²) in [5, 5.41) is 12.1. The van der Waals surface area contributed by atoms with Crippen LogP contribution < -0.4 is 14.8 Å². The lowest BCUT2D eigenvalue weighted by Gasteiger charge is -2.26. The van der Waals surface area contributed by atoms with E-state index in [4.69, 9.17) is 18.9 Å². The minimum Gasteiger partial charge on any atom is -0.493 e. The zero-order chi connectivity index (χ0) is 28.9. The summed E-state index contributed by atoms with van der Waals surface area (Å²) in [5.41, 5.74) is 2.23. The van der Waals surface area contributed by atoms with Gasteiger partial charge in [-0.1, -0.05) is 67.6 Å². The first-order valence-corrected chi connectivity index (χ1v) is 13.4. The molecule has 1 aromatic heterocycles. The number of pyridine rings is 1. The van der Waals surface area contributed by atoms with E-state index in [0.29, 0.717) is 6.42 Å². The molecule has 0 spiro atoms. The minimum absolute atomic E-state index is 0.0240. The largest absolute Gasteiger partial charge is 0.493 e. The fourth-order valence-corrected chi connectivity index (χ4v) is 4.24. The summed E-state index contributed by atoms with van der Waals surface area (Å²) < 4.78 is 21.8. The van der Waals surface area contributed by atoms with Crippen LogP contribution in [0, 0.1) is 5.92 Å². The number of ether oxygens (including phenoxy) is 4. The van der Waals surface area contributed by atoms with Gasteiger partial charge in [0.1, 0.15) is 12.1 Å². The number of rotatable bonds is 15. The number of nitrogens with zero attached hydrogens (tertiary/aromatic N) is 1. The lowest BCUT2D eigenvalue weighted by molar-refractivity contribution is -0.153. The maximum Gasteiger partial charge on any atom is 0.328 e. The van der Waals surface area contributed by atoms with Crippen molar-refractivity contribution in [1.82, 2.24) is 10.3 Å². The van der Waals surface area contributed by atoms with Crippen molar-refractivity contribution in [2.24, 2.45) is 5.92 Å². The van der Waals surface area contributed by atoms with Crippen LogP contribution in [0.4, 0.5) is 0 Å². The van der Waals surface area contributed by atoms with Crippen LogP contribution >= 0.6 is 0 Å². The molecule has 0 radical (unpaired) electrons. The highest BCUT2D eigenvalue weighted by atomic mass is 16.7.